The highest BCUT2D eigenvalue weighted by Crippen LogP contribution is 2.23. The average molecular weight is 242 g/mol. The van der Waals surface area contributed by atoms with Crippen molar-refractivity contribution in [2.45, 2.75) is 26.4 Å². The van der Waals surface area contributed by atoms with E-state index in [2.05, 4.69) is 12.1 Å². The molecule has 2 heteroatoms. The third-order valence-electron chi connectivity index (χ3n) is 2.93. The zero-order valence-corrected chi connectivity index (χ0v) is 10.8. The summed E-state index contributed by atoms with van der Waals surface area (Å²) in [6, 6.07) is 14.2. The van der Waals surface area contributed by atoms with Crippen molar-refractivity contribution in [2.75, 3.05) is 6.61 Å². The highest BCUT2D eigenvalue weighted by Gasteiger charge is 2.17. The van der Waals surface area contributed by atoms with E-state index in [9.17, 15) is 4.79 Å². The van der Waals surface area contributed by atoms with Gasteiger partial charge in [0.2, 0.25) is 0 Å². The Bertz CT molecular complexity index is 546. The lowest BCUT2D eigenvalue weighted by atomic mass is 10.0. The summed E-state index contributed by atoms with van der Waals surface area (Å²) in [4.78, 5) is 11.7. The minimum absolute atomic E-state index is 0.0544. The minimum atomic E-state index is -0.436. The van der Waals surface area contributed by atoms with Gasteiger partial charge in [0.1, 0.15) is 6.10 Å². The fraction of sp³-hybridized carbons (Fsp3) is 0.312. The van der Waals surface area contributed by atoms with Gasteiger partial charge in [0, 0.05) is 6.61 Å². The predicted molar refractivity (Wildman–Crippen MR) is 73.6 cm³/mol. The quantitative estimate of drug-likeness (QED) is 0.795. The summed E-state index contributed by atoms with van der Waals surface area (Å²) < 4.78 is 5.64. The standard InChI is InChI=1S/C16H18O2/c1-3-10-18-16(12(2)17)15-9-8-13-6-4-5-7-14(13)11-15/h4-9,11,16H,3,10H2,1-2H3. The first-order valence-corrected chi connectivity index (χ1v) is 6.33. The molecule has 0 amide bonds. The monoisotopic (exact) mass is 242 g/mol. The van der Waals surface area contributed by atoms with Crippen LogP contribution in [0.4, 0.5) is 0 Å². The van der Waals surface area contributed by atoms with Gasteiger partial charge in [0.25, 0.3) is 0 Å². The molecule has 0 heterocycles. The summed E-state index contributed by atoms with van der Waals surface area (Å²) in [5.74, 6) is 0.0544. The van der Waals surface area contributed by atoms with Gasteiger partial charge in [-0.25, -0.2) is 0 Å². The molecular formula is C16H18O2. The summed E-state index contributed by atoms with van der Waals surface area (Å²) in [7, 11) is 0. The van der Waals surface area contributed by atoms with E-state index in [1.807, 2.05) is 37.3 Å². The second-order valence-electron chi connectivity index (χ2n) is 4.47. The van der Waals surface area contributed by atoms with Crippen LogP contribution in [0.1, 0.15) is 31.9 Å². The van der Waals surface area contributed by atoms with E-state index >= 15 is 0 Å². The summed E-state index contributed by atoms with van der Waals surface area (Å²) in [6.07, 6.45) is 0.478. The van der Waals surface area contributed by atoms with Crippen molar-refractivity contribution in [3.05, 3.63) is 48.0 Å². The second-order valence-corrected chi connectivity index (χ2v) is 4.47. The minimum Gasteiger partial charge on any atom is -0.366 e. The van der Waals surface area contributed by atoms with Crippen LogP contribution in [0.25, 0.3) is 10.8 Å². The first-order valence-electron chi connectivity index (χ1n) is 6.33. The Morgan fingerprint density at radius 1 is 1.17 bits per heavy atom. The largest absolute Gasteiger partial charge is 0.366 e. The van der Waals surface area contributed by atoms with Gasteiger partial charge < -0.3 is 4.74 Å². The van der Waals surface area contributed by atoms with Crippen LogP contribution >= 0.6 is 0 Å². The van der Waals surface area contributed by atoms with Gasteiger partial charge in [-0.15, -0.1) is 0 Å². The van der Waals surface area contributed by atoms with Gasteiger partial charge in [-0.2, -0.15) is 0 Å². The van der Waals surface area contributed by atoms with E-state index in [1.54, 1.807) is 6.92 Å². The normalized spacial score (nSPS) is 12.6. The van der Waals surface area contributed by atoms with Crippen LogP contribution in [0.3, 0.4) is 0 Å². The molecule has 0 aliphatic carbocycles. The molecule has 0 bridgehead atoms. The number of hydrogen-bond donors (Lipinski definition) is 0. The van der Waals surface area contributed by atoms with Gasteiger partial charge in [-0.1, -0.05) is 43.3 Å². The number of hydrogen-bond acceptors (Lipinski definition) is 2. The summed E-state index contributed by atoms with van der Waals surface area (Å²) in [5, 5.41) is 2.32. The smallest absolute Gasteiger partial charge is 0.163 e. The molecule has 1 atom stereocenters. The highest BCUT2D eigenvalue weighted by atomic mass is 16.5. The van der Waals surface area contributed by atoms with E-state index in [-0.39, 0.29) is 5.78 Å². The average Bonchev–Trinajstić information content (AvgIpc) is 2.38. The first kappa shape index (κ1) is 12.8. The molecule has 0 N–H and O–H groups in total. The van der Waals surface area contributed by atoms with Crippen LogP contribution in [0.15, 0.2) is 42.5 Å². The number of ketones is 1. The Labute approximate surface area is 108 Å². The molecule has 0 saturated carbocycles. The van der Waals surface area contributed by atoms with Crippen LogP contribution in [-0.2, 0) is 9.53 Å². The lowest BCUT2D eigenvalue weighted by molar-refractivity contribution is -0.128. The maximum absolute atomic E-state index is 11.7. The predicted octanol–water partition coefficient (Wildman–Crippen LogP) is 3.90. The highest BCUT2D eigenvalue weighted by molar-refractivity contribution is 5.86. The van der Waals surface area contributed by atoms with E-state index < -0.39 is 6.10 Å². The number of carbonyl (C=O) groups excluding carboxylic acids is 1. The Balaban J connectivity index is 2.35. The summed E-state index contributed by atoms with van der Waals surface area (Å²) in [6.45, 7) is 4.23. The van der Waals surface area contributed by atoms with E-state index in [0.717, 1.165) is 17.4 Å². The zero-order valence-electron chi connectivity index (χ0n) is 10.8. The van der Waals surface area contributed by atoms with Crippen molar-refractivity contribution in [1.29, 1.82) is 0 Å². The molecule has 1 unspecified atom stereocenters. The van der Waals surface area contributed by atoms with E-state index in [0.29, 0.717) is 6.61 Å². The van der Waals surface area contributed by atoms with Gasteiger partial charge in [-0.05, 0) is 35.7 Å². The van der Waals surface area contributed by atoms with E-state index in [1.165, 1.54) is 5.39 Å². The van der Waals surface area contributed by atoms with Crippen LogP contribution in [0, 0.1) is 0 Å². The molecule has 0 fully saturated rings. The van der Waals surface area contributed by atoms with Crippen LogP contribution in [-0.4, -0.2) is 12.4 Å². The van der Waals surface area contributed by atoms with Crippen molar-refractivity contribution in [2.24, 2.45) is 0 Å². The number of carbonyl (C=O) groups is 1. The van der Waals surface area contributed by atoms with E-state index in [4.69, 9.17) is 4.74 Å². The fourth-order valence-corrected chi connectivity index (χ4v) is 2.05. The third-order valence-corrected chi connectivity index (χ3v) is 2.93. The molecule has 0 aromatic heterocycles. The molecule has 0 aliphatic rings. The number of fused-ring (bicyclic) bond motifs is 1. The maximum Gasteiger partial charge on any atom is 0.163 e. The number of benzene rings is 2. The summed E-state index contributed by atoms with van der Waals surface area (Å²) >= 11 is 0. The molecular weight excluding hydrogens is 224 g/mol. The topological polar surface area (TPSA) is 26.3 Å². The van der Waals surface area contributed by atoms with Gasteiger partial charge in [0.05, 0.1) is 0 Å². The Kier molecular flexibility index (Phi) is 4.11. The van der Waals surface area contributed by atoms with Crippen LogP contribution < -0.4 is 0 Å². The molecule has 0 saturated heterocycles. The molecule has 2 rings (SSSR count). The number of Topliss-reactive ketones (excluding diaryl/α,β-unsaturated/α-hetero) is 1. The molecule has 18 heavy (non-hydrogen) atoms. The lowest BCUT2D eigenvalue weighted by Gasteiger charge is -2.15. The van der Waals surface area contributed by atoms with Gasteiger partial charge in [0.15, 0.2) is 5.78 Å². The number of rotatable bonds is 5. The summed E-state index contributed by atoms with van der Waals surface area (Å²) in [5.41, 5.74) is 0.939. The van der Waals surface area contributed by atoms with Crippen molar-refractivity contribution >= 4 is 16.6 Å². The van der Waals surface area contributed by atoms with Crippen molar-refractivity contribution < 1.29 is 9.53 Å². The van der Waals surface area contributed by atoms with Crippen LogP contribution in [0.2, 0.25) is 0 Å². The molecule has 2 nitrogen and oxygen atoms in total. The Hall–Kier alpha value is -1.67. The first-order chi connectivity index (χ1) is 8.72. The lowest BCUT2D eigenvalue weighted by Crippen LogP contribution is -2.13. The van der Waals surface area contributed by atoms with Crippen molar-refractivity contribution in [1.82, 2.24) is 0 Å². The van der Waals surface area contributed by atoms with Gasteiger partial charge >= 0.3 is 0 Å². The molecule has 2 aromatic rings. The van der Waals surface area contributed by atoms with Crippen molar-refractivity contribution in [3.63, 3.8) is 0 Å². The molecule has 2 aromatic carbocycles. The Morgan fingerprint density at radius 3 is 2.56 bits per heavy atom. The van der Waals surface area contributed by atoms with Crippen LogP contribution in [0.5, 0.6) is 0 Å². The fourth-order valence-electron chi connectivity index (χ4n) is 2.05. The molecule has 94 valence electrons. The molecule has 0 radical (unpaired) electrons. The zero-order chi connectivity index (χ0) is 13.0. The number of ether oxygens (including phenoxy) is 1. The van der Waals surface area contributed by atoms with Gasteiger partial charge in [-0.3, -0.25) is 4.79 Å². The third kappa shape index (κ3) is 2.77. The Morgan fingerprint density at radius 2 is 1.89 bits per heavy atom. The van der Waals surface area contributed by atoms with Crippen molar-refractivity contribution in [3.8, 4) is 0 Å². The second kappa shape index (κ2) is 5.78. The maximum atomic E-state index is 11.7. The molecule has 0 aliphatic heterocycles. The SMILES string of the molecule is CCCOC(C(C)=O)c1ccc2ccccc2c1. The molecule has 0 spiro atoms.